The van der Waals surface area contributed by atoms with Crippen LogP contribution in [-0.2, 0) is 20.0 Å². The van der Waals surface area contributed by atoms with Gasteiger partial charge in [0.25, 0.3) is 0 Å². The summed E-state index contributed by atoms with van der Waals surface area (Å²) in [6.07, 6.45) is 15.4. The summed E-state index contributed by atoms with van der Waals surface area (Å²) in [4.78, 5) is 18.0. The summed E-state index contributed by atoms with van der Waals surface area (Å²) in [5.41, 5.74) is 1.81. The zero-order chi connectivity index (χ0) is 37.8. The van der Waals surface area contributed by atoms with Gasteiger partial charge in [-0.2, -0.15) is 0 Å². The van der Waals surface area contributed by atoms with Crippen LogP contribution in [0.3, 0.4) is 0 Å². The Labute approximate surface area is 330 Å². The number of pyridine rings is 2. The molecule has 0 spiro atoms. The molecule has 0 saturated heterocycles. The van der Waals surface area contributed by atoms with Gasteiger partial charge in [0.05, 0.1) is 24.6 Å². The second kappa shape index (κ2) is 29.5. The molecular weight excluding hydrogens is 696 g/mol. The topological polar surface area (TPSA) is 139 Å². The first-order valence-electron chi connectivity index (χ1n) is 16.4. The number of allylic oxidation sites excluding steroid dienone is 3. The Kier molecular flexibility index (Phi) is 28.9. The first-order valence-corrected chi connectivity index (χ1v) is 20.1. The number of para-hydroxylation sites is 2. The molecule has 0 amide bonds. The molecule has 0 aliphatic rings. The third kappa shape index (κ3) is 26.4. The van der Waals surface area contributed by atoms with Crippen molar-refractivity contribution in [3.63, 3.8) is 0 Å². The maximum absolute atomic E-state index is 10.8. The number of sulfonamides is 2. The molecule has 13 heteroatoms. The van der Waals surface area contributed by atoms with Gasteiger partial charge < -0.3 is 11.1 Å². The van der Waals surface area contributed by atoms with Gasteiger partial charge in [-0.15, -0.1) is 19.7 Å². The standard InChI is InChI=1S/C14H15NO.C9H7NO.C7H15NO2S.C6H12.C2H7NO2S.Na.H/c1-2-3-6-11-16-14-10-9-12-7-4-5-8-13(12)15-14;11-9-6-5-7-3-1-2-4-8(7)10-9;1-4-5-6-7-8(2)11(3,9)10;1-3-5-6-4-2;1-3-6(2,4)5;;/h2,4-5,7-10H,1,3,6,11H2;1-6H,(H,10,11);4H,1,5-7H2,2-3H3;3H,1,4-6H2,2H3;3H,1-2H3;;/q;;;;;+1;-1. The predicted molar refractivity (Wildman–Crippen MR) is 213 cm³/mol. The Bertz CT molecular complexity index is 1840. The summed E-state index contributed by atoms with van der Waals surface area (Å²) in [5, 5.41) is 2.20. The maximum Gasteiger partial charge on any atom is 1.00 e. The summed E-state index contributed by atoms with van der Waals surface area (Å²) in [7, 11) is -2.94. The predicted octanol–water partition coefficient (Wildman–Crippen LogP) is 4.60. The SMILES string of the molecule is C=CCCCC.C=CCCCN(C)S(C)(=O)=O.C=CCCCOc1ccc2ccccc2n1.CNS(C)(=O)=O.O=c1ccc2ccccc2[nH]1.[H-].[Na+]. The molecule has 0 aliphatic heterocycles. The van der Waals surface area contributed by atoms with Gasteiger partial charge in [0.1, 0.15) is 0 Å². The van der Waals surface area contributed by atoms with Crippen LogP contribution < -0.4 is 44.6 Å². The molecule has 10 nitrogen and oxygen atoms in total. The van der Waals surface area contributed by atoms with Gasteiger partial charge in [-0.05, 0) is 68.8 Å². The first-order chi connectivity index (χ1) is 23.7. The molecule has 2 heterocycles. The van der Waals surface area contributed by atoms with Gasteiger partial charge >= 0.3 is 29.6 Å². The molecule has 51 heavy (non-hydrogen) atoms. The van der Waals surface area contributed by atoms with Gasteiger partial charge in [0, 0.05) is 36.6 Å². The van der Waals surface area contributed by atoms with E-state index in [1.165, 1.54) is 42.9 Å². The summed E-state index contributed by atoms with van der Waals surface area (Å²) in [5.74, 6) is 0.697. The van der Waals surface area contributed by atoms with Crippen LogP contribution in [0.15, 0.2) is 116 Å². The van der Waals surface area contributed by atoms with Gasteiger partial charge in [-0.3, -0.25) is 4.79 Å². The number of H-pyrrole nitrogens is 1. The molecule has 2 aromatic carbocycles. The molecule has 278 valence electrons. The van der Waals surface area contributed by atoms with Crippen molar-refractivity contribution in [3.05, 3.63) is 121 Å². The zero-order valence-corrected chi connectivity index (χ0v) is 34.9. The normalized spacial score (nSPS) is 10.3. The van der Waals surface area contributed by atoms with Gasteiger partial charge in [0.15, 0.2) is 0 Å². The Morgan fingerprint density at radius 1 is 0.824 bits per heavy atom. The van der Waals surface area contributed by atoms with E-state index in [1.54, 1.807) is 13.1 Å². The fourth-order valence-corrected chi connectivity index (χ4v) is 4.06. The molecule has 0 atom stereocenters. The van der Waals surface area contributed by atoms with Crippen LogP contribution in [0.5, 0.6) is 5.88 Å². The molecule has 2 aromatic heterocycles. The van der Waals surface area contributed by atoms with Crippen molar-refractivity contribution in [1.29, 1.82) is 0 Å². The second-order valence-corrected chi connectivity index (χ2v) is 15.0. The van der Waals surface area contributed by atoms with Crippen LogP contribution in [0.25, 0.3) is 21.8 Å². The fourth-order valence-electron chi connectivity index (χ4n) is 3.60. The number of unbranched alkanes of at least 4 members (excludes halogenated alkanes) is 4. The average Bonchev–Trinajstić information content (AvgIpc) is 3.09. The average molecular weight is 753 g/mol. The minimum Gasteiger partial charge on any atom is -1.00 e. The molecule has 0 aliphatic carbocycles. The van der Waals surface area contributed by atoms with Crippen LogP contribution >= 0.6 is 0 Å². The van der Waals surface area contributed by atoms with Crippen LogP contribution in [0.4, 0.5) is 0 Å². The molecule has 0 fully saturated rings. The quantitative estimate of drug-likeness (QED) is 0.109. The number of ether oxygens (including phenoxy) is 1. The van der Waals surface area contributed by atoms with E-state index in [0.717, 1.165) is 53.7 Å². The number of aromatic nitrogens is 2. The second-order valence-electron chi connectivity index (χ2n) is 11.0. The van der Waals surface area contributed by atoms with Crippen LogP contribution in [-0.4, -0.2) is 70.9 Å². The number of hydrogen-bond donors (Lipinski definition) is 2. The molecule has 0 bridgehead atoms. The van der Waals surface area contributed by atoms with E-state index in [9.17, 15) is 21.6 Å². The van der Waals surface area contributed by atoms with Crippen molar-refractivity contribution in [3.8, 4) is 5.88 Å². The number of hydrogen-bond acceptors (Lipinski definition) is 7. The van der Waals surface area contributed by atoms with E-state index in [4.69, 9.17) is 4.74 Å². The molecule has 2 N–H and O–H groups in total. The summed E-state index contributed by atoms with van der Waals surface area (Å²) < 4.78 is 50.4. The van der Waals surface area contributed by atoms with Crippen LogP contribution in [0.1, 0.15) is 53.3 Å². The fraction of sp³-hybridized carbons (Fsp3) is 0.368. The molecule has 4 aromatic rings. The van der Waals surface area contributed by atoms with Gasteiger partial charge in [-0.25, -0.2) is 30.8 Å². The van der Waals surface area contributed by atoms with Gasteiger partial charge in [0.2, 0.25) is 31.5 Å². The number of fused-ring (bicyclic) bond motifs is 2. The number of nitrogens with one attached hydrogen (secondary N) is 2. The van der Waals surface area contributed by atoms with Gasteiger partial charge in [-0.1, -0.05) is 74.4 Å². The Morgan fingerprint density at radius 3 is 1.90 bits per heavy atom. The number of nitrogens with zero attached hydrogens (tertiary/aromatic N) is 2. The summed E-state index contributed by atoms with van der Waals surface area (Å²) in [6, 6.07) is 23.0. The molecular formula is C38H57N4NaO6S2. The minimum atomic E-state index is -2.98. The van der Waals surface area contributed by atoms with Crippen molar-refractivity contribution < 1.29 is 52.6 Å². The van der Waals surface area contributed by atoms with Crippen molar-refractivity contribution in [2.24, 2.45) is 0 Å². The van der Waals surface area contributed by atoms with Crippen molar-refractivity contribution in [2.75, 3.05) is 39.8 Å². The molecule has 0 radical (unpaired) electrons. The summed E-state index contributed by atoms with van der Waals surface area (Å²) in [6.45, 7) is 14.3. The van der Waals surface area contributed by atoms with E-state index in [1.807, 2.05) is 78.9 Å². The molecule has 0 saturated carbocycles. The van der Waals surface area contributed by atoms with E-state index in [0.29, 0.717) is 19.0 Å². The monoisotopic (exact) mass is 752 g/mol. The van der Waals surface area contributed by atoms with Crippen LogP contribution in [0, 0.1) is 0 Å². The Morgan fingerprint density at radius 2 is 1.35 bits per heavy atom. The van der Waals surface area contributed by atoms with Crippen molar-refractivity contribution in [2.45, 2.75) is 51.9 Å². The summed E-state index contributed by atoms with van der Waals surface area (Å²) >= 11 is 0. The number of aromatic amines is 1. The van der Waals surface area contributed by atoms with E-state index >= 15 is 0 Å². The smallest absolute Gasteiger partial charge is 1.00 e. The van der Waals surface area contributed by atoms with E-state index in [2.05, 4.69) is 41.4 Å². The van der Waals surface area contributed by atoms with Crippen molar-refractivity contribution >= 4 is 41.9 Å². The number of rotatable bonds is 14. The van der Waals surface area contributed by atoms with Crippen LogP contribution in [0.2, 0.25) is 0 Å². The zero-order valence-electron chi connectivity index (χ0n) is 32.3. The third-order valence-corrected chi connectivity index (χ3v) is 8.64. The largest absolute Gasteiger partial charge is 1.00 e. The minimum absolute atomic E-state index is 0. The van der Waals surface area contributed by atoms with E-state index in [-0.39, 0.29) is 36.5 Å². The van der Waals surface area contributed by atoms with E-state index < -0.39 is 20.0 Å². The number of benzene rings is 2. The van der Waals surface area contributed by atoms with Crippen molar-refractivity contribution in [1.82, 2.24) is 19.0 Å². The molecule has 0 unspecified atom stereocenters. The maximum atomic E-state index is 10.8. The Hall–Kier alpha value is -3.10. The molecule has 4 rings (SSSR count). The Balaban J connectivity index is -0.000000601. The third-order valence-electron chi connectivity index (χ3n) is 6.59. The first kappa shape index (κ1) is 50.0.